The average molecular weight is 316 g/mol. The molecule has 1 saturated carbocycles. The van der Waals surface area contributed by atoms with Crippen molar-refractivity contribution in [2.24, 2.45) is 0 Å². The maximum Gasteiger partial charge on any atom is 0.160 e. The Bertz CT molecular complexity index is 428. The highest BCUT2D eigenvalue weighted by Gasteiger charge is 2.21. The third-order valence-corrected chi connectivity index (χ3v) is 4.00. The number of rotatable bonds is 6. The van der Waals surface area contributed by atoms with Gasteiger partial charge in [-0.1, -0.05) is 18.9 Å². The second-order valence-corrected chi connectivity index (χ2v) is 5.35. The smallest absolute Gasteiger partial charge is 0.160 e. The molecule has 2 N–H and O–H groups in total. The molecular weight excluding hydrogens is 290 g/mol. The largest absolute Gasteiger partial charge is 0.493 e. The molecule has 1 aromatic carbocycles. The molecule has 1 aliphatic carbocycles. The van der Waals surface area contributed by atoms with Gasteiger partial charge in [-0.15, -0.1) is 12.4 Å². The van der Waals surface area contributed by atoms with Crippen molar-refractivity contribution in [1.82, 2.24) is 5.32 Å². The predicted molar refractivity (Wildman–Crippen MR) is 86.8 cm³/mol. The number of hydrogen-bond donors (Lipinski definition) is 2. The van der Waals surface area contributed by atoms with Crippen LogP contribution in [0.2, 0.25) is 0 Å². The SMILES string of the molecule is COc1ccc(CCNC2CCCCC2O)cc1OC.Cl. The first-order valence-corrected chi connectivity index (χ1v) is 7.37. The van der Waals surface area contributed by atoms with E-state index in [1.54, 1.807) is 14.2 Å². The Kier molecular flexibility index (Phi) is 7.86. The second-order valence-electron chi connectivity index (χ2n) is 5.35. The fourth-order valence-corrected chi connectivity index (χ4v) is 2.79. The molecule has 0 saturated heterocycles. The van der Waals surface area contributed by atoms with Gasteiger partial charge in [-0.3, -0.25) is 0 Å². The summed E-state index contributed by atoms with van der Waals surface area (Å²) in [5, 5.41) is 13.4. The van der Waals surface area contributed by atoms with Crippen molar-refractivity contribution in [3.05, 3.63) is 23.8 Å². The van der Waals surface area contributed by atoms with Crippen molar-refractivity contribution in [2.75, 3.05) is 20.8 Å². The Balaban J connectivity index is 0.00000220. The monoisotopic (exact) mass is 315 g/mol. The molecule has 0 spiro atoms. The first kappa shape index (κ1) is 18.1. The van der Waals surface area contributed by atoms with Crippen LogP contribution in [0.3, 0.4) is 0 Å². The van der Waals surface area contributed by atoms with E-state index in [1.807, 2.05) is 12.1 Å². The number of halogens is 1. The van der Waals surface area contributed by atoms with Crippen LogP contribution < -0.4 is 14.8 Å². The normalized spacial score (nSPS) is 21.5. The molecule has 2 atom stereocenters. The van der Waals surface area contributed by atoms with Crippen LogP contribution in [0.25, 0.3) is 0 Å². The Hall–Kier alpha value is -0.970. The average Bonchev–Trinajstić information content (AvgIpc) is 2.49. The third kappa shape index (κ3) is 5.06. The minimum Gasteiger partial charge on any atom is -0.493 e. The van der Waals surface area contributed by atoms with Crippen LogP contribution in [-0.2, 0) is 6.42 Å². The summed E-state index contributed by atoms with van der Waals surface area (Å²) >= 11 is 0. The topological polar surface area (TPSA) is 50.7 Å². The zero-order chi connectivity index (χ0) is 14.4. The van der Waals surface area contributed by atoms with Gasteiger partial charge < -0.3 is 19.9 Å². The van der Waals surface area contributed by atoms with E-state index in [4.69, 9.17) is 9.47 Å². The lowest BCUT2D eigenvalue weighted by Crippen LogP contribution is -2.42. The molecule has 0 amide bonds. The fraction of sp³-hybridized carbons (Fsp3) is 0.625. The Labute approximate surface area is 133 Å². The van der Waals surface area contributed by atoms with Crippen LogP contribution >= 0.6 is 12.4 Å². The van der Waals surface area contributed by atoms with Crippen molar-refractivity contribution >= 4 is 12.4 Å². The van der Waals surface area contributed by atoms with Crippen LogP contribution in [0.15, 0.2) is 18.2 Å². The first-order chi connectivity index (χ1) is 9.74. The molecule has 2 rings (SSSR count). The summed E-state index contributed by atoms with van der Waals surface area (Å²) in [6, 6.07) is 6.26. The van der Waals surface area contributed by atoms with E-state index >= 15 is 0 Å². The van der Waals surface area contributed by atoms with Gasteiger partial charge in [0.05, 0.1) is 20.3 Å². The van der Waals surface area contributed by atoms with E-state index in [0.29, 0.717) is 0 Å². The number of benzene rings is 1. The highest BCUT2D eigenvalue weighted by molar-refractivity contribution is 5.85. The van der Waals surface area contributed by atoms with E-state index in [9.17, 15) is 5.11 Å². The van der Waals surface area contributed by atoms with Crippen LogP contribution in [0.5, 0.6) is 11.5 Å². The van der Waals surface area contributed by atoms with Gasteiger partial charge in [-0.2, -0.15) is 0 Å². The lowest BCUT2D eigenvalue weighted by atomic mass is 9.92. The maximum atomic E-state index is 9.92. The summed E-state index contributed by atoms with van der Waals surface area (Å²) in [5.41, 5.74) is 1.21. The van der Waals surface area contributed by atoms with Crippen LogP contribution in [-0.4, -0.2) is 38.0 Å². The number of aliphatic hydroxyl groups excluding tert-OH is 1. The molecule has 0 radical (unpaired) electrons. The molecule has 1 aromatic rings. The van der Waals surface area contributed by atoms with E-state index in [0.717, 1.165) is 43.7 Å². The van der Waals surface area contributed by atoms with Gasteiger partial charge in [0.15, 0.2) is 11.5 Å². The number of hydrogen-bond acceptors (Lipinski definition) is 4. The minimum absolute atomic E-state index is 0. The Morgan fingerprint density at radius 2 is 1.86 bits per heavy atom. The summed E-state index contributed by atoms with van der Waals surface area (Å²) in [6.07, 6.45) is 5.10. The number of nitrogens with one attached hydrogen (secondary N) is 1. The van der Waals surface area contributed by atoms with E-state index in [1.165, 1.54) is 12.0 Å². The summed E-state index contributed by atoms with van der Waals surface area (Å²) in [4.78, 5) is 0. The fourth-order valence-electron chi connectivity index (χ4n) is 2.79. The Morgan fingerprint density at radius 3 is 2.52 bits per heavy atom. The summed E-state index contributed by atoms with van der Waals surface area (Å²) in [6.45, 7) is 0.872. The standard InChI is InChI=1S/C16H25NO3.ClH/c1-19-15-8-7-12(11-16(15)20-2)9-10-17-13-5-3-4-6-14(13)18;/h7-8,11,13-14,17-18H,3-6,9-10H2,1-2H3;1H. The summed E-state index contributed by atoms with van der Waals surface area (Å²) < 4.78 is 10.5. The molecule has 1 aliphatic rings. The van der Waals surface area contributed by atoms with Crippen molar-refractivity contribution in [3.8, 4) is 11.5 Å². The van der Waals surface area contributed by atoms with Gasteiger partial charge in [0.1, 0.15) is 0 Å². The van der Waals surface area contributed by atoms with Crippen molar-refractivity contribution in [3.63, 3.8) is 0 Å². The second kappa shape index (κ2) is 9.13. The minimum atomic E-state index is -0.186. The van der Waals surface area contributed by atoms with Gasteiger partial charge in [-0.05, 0) is 43.5 Å². The quantitative estimate of drug-likeness (QED) is 0.847. The molecule has 21 heavy (non-hydrogen) atoms. The van der Waals surface area contributed by atoms with E-state index in [-0.39, 0.29) is 24.6 Å². The summed E-state index contributed by atoms with van der Waals surface area (Å²) in [7, 11) is 3.29. The highest BCUT2D eigenvalue weighted by Crippen LogP contribution is 2.27. The van der Waals surface area contributed by atoms with Gasteiger partial charge in [0, 0.05) is 6.04 Å². The van der Waals surface area contributed by atoms with Crippen molar-refractivity contribution in [2.45, 2.75) is 44.2 Å². The lowest BCUT2D eigenvalue weighted by molar-refractivity contribution is 0.0914. The van der Waals surface area contributed by atoms with Gasteiger partial charge in [0.2, 0.25) is 0 Å². The molecule has 0 aromatic heterocycles. The van der Waals surface area contributed by atoms with Gasteiger partial charge in [0.25, 0.3) is 0 Å². The first-order valence-electron chi connectivity index (χ1n) is 7.37. The van der Waals surface area contributed by atoms with Crippen LogP contribution in [0.1, 0.15) is 31.2 Å². The molecule has 120 valence electrons. The molecule has 0 aliphatic heterocycles. The molecule has 2 unspecified atom stereocenters. The van der Waals surface area contributed by atoms with Crippen LogP contribution in [0, 0.1) is 0 Å². The predicted octanol–water partition coefficient (Wildman–Crippen LogP) is 2.56. The molecule has 0 heterocycles. The van der Waals surface area contributed by atoms with Crippen molar-refractivity contribution < 1.29 is 14.6 Å². The zero-order valence-electron chi connectivity index (χ0n) is 12.8. The van der Waals surface area contributed by atoms with Gasteiger partial charge in [-0.25, -0.2) is 0 Å². The molecule has 0 bridgehead atoms. The zero-order valence-corrected chi connectivity index (χ0v) is 13.6. The molecule has 5 heteroatoms. The number of ether oxygens (including phenoxy) is 2. The maximum absolute atomic E-state index is 9.92. The van der Waals surface area contributed by atoms with E-state index < -0.39 is 0 Å². The van der Waals surface area contributed by atoms with E-state index in [2.05, 4.69) is 11.4 Å². The molecule has 4 nitrogen and oxygen atoms in total. The summed E-state index contributed by atoms with van der Waals surface area (Å²) in [5.74, 6) is 1.52. The van der Waals surface area contributed by atoms with Crippen molar-refractivity contribution in [1.29, 1.82) is 0 Å². The third-order valence-electron chi connectivity index (χ3n) is 4.00. The van der Waals surface area contributed by atoms with Gasteiger partial charge >= 0.3 is 0 Å². The number of aliphatic hydroxyl groups is 1. The highest BCUT2D eigenvalue weighted by atomic mass is 35.5. The number of methoxy groups -OCH3 is 2. The Morgan fingerprint density at radius 1 is 1.14 bits per heavy atom. The molecular formula is C16H26ClNO3. The lowest BCUT2D eigenvalue weighted by Gasteiger charge is -2.28. The molecule has 1 fully saturated rings. The van der Waals surface area contributed by atoms with Crippen LogP contribution in [0.4, 0.5) is 0 Å².